The van der Waals surface area contributed by atoms with Crippen LogP contribution in [0.5, 0.6) is 0 Å². The summed E-state index contributed by atoms with van der Waals surface area (Å²) in [6.45, 7) is 13.4. The molecule has 0 fully saturated rings. The predicted molar refractivity (Wildman–Crippen MR) is 488 cm³/mol. The maximum absolute atomic E-state index is 13.6. The lowest BCUT2D eigenvalue weighted by Crippen LogP contribution is -2.29. The number of sulfone groups is 5. The number of aryl methyl sites for hydroxylation is 3. The van der Waals surface area contributed by atoms with Crippen LogP contribution in [0, 0.1) is 32.4 Å². The number of likely N-dealkylation sites (N-methyl/N-ethyl adjacent to an activating group) is 2. The van der Waals surface area contributed by atoms with E-state index in [2.05, 4.69) is 110 Å². The normalized spacial score (nSPS) is 14.7. The molecule has 0 saturated heterocycles. The van der Waals surface area contributed by atoms with Gasteiger partial charge in [-0.3, -0.25) is 0 Å². The van der Waals surface area contributed by atoms with Gasteiger partial charge in [0.2, 0.25) is 49.2 Å². The van der Waals surface area contributed by atoms with Gasteiger partial charge in [-0.05, 0) is 126 Å². The summed E-state index contributed by atoms with van der Waals surface area (Å²) in [4.78, 5) is 27.2. The molecule has 0 atom stereocenters. The molecular weight excluding hydrogens is 1840 g/mol. The molecule has 5 aliphatic heterocycles. The number of nitrogens with zero attached hydrogens (tertiary/aromatic N) is 17. The first-order valence-electron chi connectivity index (χ1n) is 41.1. The second-order valence-corrected chi connectivity index (χ2v) is 41.9. The molecule has 0 radical (unpaired) electrons. The molecule has 10 aromatic heterocycles. The van der Waals surface area contributed by atoms with Crippen molar-refractivity contribution in [1.29, 1.82) is 0 Å². The van der Waals surface area contributed by atoms with Crippen molar-refractivity contribution in [2.75, 3.05) is 109 Å². The average molecular weight is 1930 g/mol. The smallest absolute Gasteiger partial charge is 0.214 e. The van der Waals surface area contributed by atoms with Gasteiger partial charge in [0.05, 0.1) is 52.9 Å². The van der Waals surface area contributed by atoms with E-state index in [4.69, 9.17) is 34.8 Å². The van der Waals surface area contributed by atoms with Crippen LogP contribution >= 0.6 is 34.8 Å². The Morgan fingerprint density at radius 2 is 0.631 bits per heavy atom. The number of aromatic nitrogens is 15. The minimum atomic E-state index is -3.99. The van der Waals surface area contributed by atoms with Gasteiger partial charge in [0.25, 0.3) is 0 Å². The van der Waals surface area contributed by atoms with Crippen molar-refractivity contribution in [3.8, 4) is 0 Å². The summed E-state index contributed by atoms with van der Waals surface area (Å²) in [5.41, 5.74) is 14.1. The number of fused-ring (bicyclic) bond motifs is 15. The van der Waals surface area contributed by atoms with E-state index in [1.165, 1.54) is 72.8 Å². The zero-order valence-corrected chi connectivity index (χ0v) is 78.3. The van der Waals surface area contributed by atoms with Crippen LogP contribution in [-0.2, 0) is 114 Å². The quantitative estimate of drug-likeness (QED) is 0.0473. The number of hydrogen-bond acceptors (Lipinski definition) is 30. The summed E-state index contributed by atoms with van der Waals surface area (Å²) in [5, 5.41) is 47.7. The zero-order chi connectivity index (χ0) is 92.4. The maximum atomic E-state index is 13.6. The Labute approximate surface area is 762 Å². The van der Waals surface area contributed by atoms with Gasteiger partial charge in [0.1, 0.15) is 11.6 Å². The molecule has 8 N–H and O–H groups in total. The molecule has 45 heteroatoms. The van der Waals surface area contributed by atoms with E-state index in [1.54, 1.807) is 107 Å². The number of benzene rings is 5. The van der Waals surface area contributed by atoms with Gasteiger partial charge >= 0.3 is 0 Å². The molecule has 680 valence electrons. The second-order valence-electron chi connectivity index (χ2n) is 31.2. The van der Waals surface area contributed by atoms with Gasteiger partial charge in [-0.25, -0.2) is 98.4 Å². The van der Waals surface area contributed by atoms with Gasteiger partial charge in [-0.2, -0.15) is 0 Å². The highest BCUT2D eigenvalue weighted by atomic mass is 35.5. The first kappa shape index (κ1) is 91.8. The van der Waals surface area contributed by atoms with E-state index in [0.717, 1.165) is 163 Å². The lowest BCUT2D eigenvalue weighted by molar-refractivity contribution is 0.306. The fraction of sp³-hybridized carbons (Fsp3) is 0.294. The largest absolute Gasteiger partial charge is 0.370 e. The van der Waals surface area contributed by atoms with Crippen molar-refractivity contribution in [3.63, 3.8) is 0 Å². The molecule has 15 aromatic rings. The van der Waals surface area contributed by atoms with Crippen LogP contribution in [0.25, 0.3) is 28.2 Å². The monoisotopic (exact) mass is 1920 g/mol. The van der Waals surface area contributed by atoms with Crippen LogP contribution in [0.4, 0.5) is 37.9 Å². The number of rotatable bonds is 15. The highest BCUT2D eigenvalue weighted by Gasteiger charge is 2.38. The van der Waals surface area contributed by atoms with Crippen molar-refractivity contribution >= 4 is 141 Å². The Hall–Kier alpha value is -11.5. The standard InChI is InChI=1S/C18H20ClN5O2S.2C17H18ClN5O2S.C17H18FN5O2S.C16H16FN5O2S/c1-11-14-10-23(3)8-7-15(14)24-18(21-11)16(17(20-2)22-24)27(25,26)13-6-4-5-12(19)9-13;1-19-16-15(26(24,25)13-5-3-4-12(18)8-13)17-20-9-11-10-22(2)7-6-14(11)23(17)21-16;2*1-10-13-9-20-7-6-14(13)23-17(21-10)15(16(19-2)22-23)26(24,25)12-5-3-4-11(18)8-12;1-18-15-14(25(23,24)12-4-2-3-11(17)7-12)16-20-9-10-8-19-6-5-13(10)22(16)21-15/h4-6,9H,7-8,10H2,1-3H3,(H,20,22);3-5,8-9H,6-7,10H2,1-2H3,(H,19,21);2*3-5,8,20H,6-7,9H2,1-2H3,(H,19,22);2-4,7,9,19H,5-6,8H2,1H3,(H,18,21). The van der Waals surface area contributed by atoms with Crippen molar-refractivity contribution in [2.24, 2.45) is 0 Å². The van der Waals surface area contributed by atoms with Crippen molar-refractivity contribution in [3.05, 3.63) is 234 Å². The van der Waals surface area contributed by atoms with Crippen LogP contribution in [0.15, 0.2) is 183 Å². The molecule has 0 unspecified atom stereocenters. The lowest BCUT2D eigenvalue weighted by atomic mass is 10.0. The highest BCUT2D eigenvalue weighted by molar-refractivity contribution is 7.93. The summed E-state index contributed by atoms with van der Waals surface area (Å²) >= 11 is 18.0. The summed E-state index contributed by atoms with van der Waals surface area (Å²) in [6, 6.07) is 28.6. The number of anilines is 5. The summed E-state index contributed by atoms with van der Waals surface area (Å²) in [7, 11) is -7.21. The SMILES string of the molecule is CNc1nn2c3c(c(C)nc2c1S(=O)(=O)c1cccc(Cl)c1)CN(C)CC3.CNc1nn2c3c(c(C)nc2c1S(=O)(=O)c1cccc(Cl)c1)CNCC3.CNc1nn2c3c(c(C)nc2c1S(=O)(=O)c1cccc(F)c1)CNCC3.CNc1nn2c3c(cnc2c1S(=O)(=O)c1cccc(Cl)c1)CN(C)CC3.CNc1nn2c3c(cnc2c1S(=O)(=O)c1cccc(F)c1)CNCC3. The van der Waals surface area contributed by atoms with E-state index < -0.39 is 60.8 Å². The molecule has 5 aromatic carbocycles. The van der Waals surface area contributed by atoms with Gasteiger partial charge < -0.3 is 52.3 Å². The predicted octanol–water partition coefficient (Wildman–Crippen LogP) is 10.1. The van der Waals surface area contributed by atoms with Crippen LogP contribution in [-0.4, -0.2) is 207 Å². The maximum Gasteiger partial charge on any atom is 0.214 e. The van der Waals surface area contributed by atoms with Crippen LogP contribution in [0.2, 0.25) is 15.1 Å². The Balaban J connectivity index is 0.000000119. The molecule has 0 bridgehead atoms. The van der Waals surface area contributed by atoms with Crippen molar-refractivity contribution < 1.29 is 50.9 Å². The number of nitrogens with one attached hydrogen (secondary N) is 8. The summed E-state index contributed by atoms with van der Waals surface area (Å²) < 4.78 is 168. The van der Waals surface area contributed by atoms with Gasteiger partial charge in [0, 0.05) is 205 Å². The highest BCUT2D eigenvalue weighted by Crippen LogP contribution is 2.40. The molecule has 35 nitrogen and oxygen atoms in total. The van der Waals surface area contributed by atoms with E-state index >= 15 is 0 Å². The molecule has 15 heterocycles. The average Bonchev–Trinajstić information content (AvgIpc) is 1.60. The molecule has 0 spiro atoms. The van der Waals surface area contributed by atoms with E-state index in [-0.39, 0.29) is 89.3 Å². The summed E-state index contributed by atoms with van der Waals surface area (Å²) in [6.07, 6.45) is 7.19. The van der Waals surface area contributed by atoms with E-state index in [0.29, 0.717) is 51.6 Å². The van der Waals surface area contributed by atoms with Crippen molar-refractivity contribution in [2.45, 2.75) is 135 Å². The van der Waals surface area contributed by atoms with Gasteiger partial charge in [0.15, 0.2) is 81.8 Å². The molecule has 0 saturated carbocycles. The zero-order valence-electron chi connectivity index (χ0n) is 71.9. The van der Waals surface area contributed by atoms with Gasteiger partial charge in [-0.1, -0.05) is 65.1 Å². The molecule has 0 aliphatic carbocycles. The molecular formula is C85H90Cl3F2N25O10S5. The molecule has 0 amide bonds. The first-order valence-corrected chi connectivity index (χ1v) is 49.6. The van der Waals surface area contributed by atoms with Crippen LogP contribution in [0.3, 0.4) is 0 Å². The Bertz CT molecular complexity index is 7490. The van der Waals surface area contributed by atoms with Crippen LogP contribution < -0.4 is 42.5 Å². The molecule has 130 heavy (non-hydrogen) atoms. The van der Waals surface area contributed by atoms with Gasteiger partial charge in [-0.15, -0.1) is 25.5 Å². The van der Waals surface area contributed by atoms with E-state index in [1.807, 2.05) is 27.8 Å². The van der Waals surface area contributed by atoms with E-state index in [9.17, 15) is 50.9 Å². The minimum absolute atomic E-state index is 0.0324. The third kappa shape index (κ3) is 17.1. The summed E-state index contributed by atoms with van der Waals surface area (Å²) in [5.74, 6) is 0.0284. The number of hydrogen-bond donors (Lipinski definition) is 8. The minimum Gasteiger partial charge on any atom is -0.370 e. The number of halogens is 5. The third-order valence-corrected chi connectivity index (χ3v) is 32.5. The lowest BCUT2D eigenvalue weighted by Gasteiger charge is -2.26. The third-order valence-electron chi connectivity index (χ3n) is 22.9. The Morgan fingerprint density at radius 3 is 0.985 bits per heavy atom. The Kier molecular flexibility index (Phi) is 25.9. The van der Waals surface area contributed by atoms with Crippen molar-refractivity contribution in [1.82, 2.24) is 98.7 Å². The topological polar surface area (TPSA) is 424 Å². The second kappa shape index (κ2) is 36.7. The Morgan fingerprint density at radius 1 is 0.346 bits per heavy atom. The molecule has 20 rings (SSSR count). The van der Waals surface area contributed by atoms with Crippen LogP contribution in [0.1, 0.15) is 73.4 Å². The first-order chi connectivity index (χ1) is 62.1. The molecule has 5 aliphatic rings. The fourth-order valence-electron chi connectivity index (χ4n) is 16.5. The fourth-order valence-corrected chi connectivity index (χ4v) is 24.9.